The van der Waals surface area contributed by atoms with Crippen molar-refractivity contribution in [1.82, 2.24) is 4.90 Å². The van der Waals surface area contributed by atoms with Gasteiger partial charge in [-0.05, 0) is 44.6 Å². The number of halogens is 3. The smallest absolute Gasteiger partial charge is 0.389 e. The largest absolute Gasteiger partial charge is 0.417 e. The highest BCUT2D eigenvalue weighted by Gasteiger charge is 2.34. The molecule has 1 aliphatic rings. The van der Waals surface area contributed by atoms with Gasteiger partial charge < -0.3 is 16.0 Å². The molecule has 3 nitrogen and oxygen atoms in total. The van der Waals surface area contributed by atoms with Crippen molar-refractivity contribution in [3.05, 3.63) is 29.3 Å². The van der Waals surface area contributed by atoms with Crippen LogP contribution in [0.2, 0.25) is 0 Å². The average Bonchev–Trinajstić information content (AvgIpc) is 2.80. The number of hydrogen-bond acceptors (Lipinski definition) is 3. The van der Waals surface area contributed by atoms with Crippen LogP contribution in [-0.4, -0.2) is 36.1 Å². The lowest BCUT2D eigenvalue weighted by molar-refractivity contribution is -0.137. The summed E-state index contributed by atoms with van der Waals surface area (Å²) in [7, 11) is 2.02. The summed E-state index contributed by atoms with van der Waals surface area (Å²) >= 11 is 4.68. The molecular weight excluding hydrogens is 299 g/mol. The van der Waals surface area contributed by atoms with Crippen LogP contribution in [-0.2, 0) is 6.18 Å². The molecule has 7 heteroatoms. The monoisotopic (exact) mass is 317 g/mol. The zero-order chi connectivity index (χ0) is 15.6. The van der Waals surface area contributed by atoms with Gasteiger partial charge in [0.15, 0.2) is 0 Å². The molecule has 0 aromatic heterocycles. The van der Waals surface area contributed by atoms with Crippen LogP contribution in [0.3, 0.4) is 0 Å². The van der Waals surface area contributed by atoms with E-state index in [-0.39, 0.29) is 10.6 Å². The van der Waals surface area contributed by atoms with Gasteiger partial charge in [0, 0.05) is 23.8 Å². The summed E-state index contributed by atoms with van der Waals surface area (Å²) < 4.78 is 39.1. The van der Waals surface area contributed by atoms with Gasteiger partial charge in [-0.3, -0.25) is 0 Å². The number of likely N-dealkylation sites (N-methyl/N-ethyl adjacent to an activating group) is 1. The molecule has 3 N–H and O–H groups in total. The van der Waals surface area contributed by atoms with Crippen molar-refractivity contribution in [3.8, 4) is 0 Å². The van der Waals surface area contributed by atoms with E-state index in [1.165, 1.54) is 6.07 Å². The van der Waals surface area contributed by atoms with Crippen LogP contribution in [0.25, 0.3) is 0 Å². The van der Waals surface area contributed by atoms with E-state index < -0.39 is 11.7 Å². The molecule has 116 valence electrons. The molecule has 1 aliphatic heterocycles. The fourth-order valence-corrected chi connectivity index (χ4v) is 2.75. The summed E-state index contributed by atoms with van der Waals surface area (Å²) in [5.41, 5.74) is 4.86. The first-order valence-electron chi connectivity index (χ1n) is 6.74. The van der Waals surface area contributed by atoms with E-state index in [0.717, 1.165) is 25.5 Å². The van der Waals surface area contributed by atoms with Crippen molar-refractivity contribution in [3.63, 3.8) is 0 Å². The second-order valence-corrected chi connectivity index (χ2v) is 5.72. The molecule has 0 spiro atoms. The van der Waals surface area contributed by atoms with Gasteiger partial charge in [0.1, 0.15) is 4.99 Å². The molecule has 1 saturated heterocycles. The number of nitrogens with two attached hydrogens (primary N) is 1. The molecule has 2 rings (SSSR count). The molecule has 21 heavy (non-hydrogen) atoms. The zero-order valence-electron chi connectivity index (χ0n) is 11.7. The van der Waals surface area contributed by atoms with Gasteiger partial charge in [-0.2, -0.15) is 13.2 Å². The van der Waals surface area contributed by atoms with Gasteiger partial charge >= 0.3 is 6.18 Å². The number of rotatable bonds is 4. The first kappa shape index (κ1) is 16.0. The van der Waals surface area contributed by atoms with Gasteiger partial charge in [-0.1, -0.05) is 12.2 Å². The van der Waals surface area contributed by atoms with Crippen molar-refractivity contribution < 1.29 is 13.2 Å². The number of anilines is 1. The Morgan fingerprint density at radius 2 is 2.19 bits per heavy atom. The molecular formula is C14H18F3N3S. The lowest BCUT2D eigenvalue weighted by Gasteiger charge is -2.21. The van der Waals surface area contributed by atoms with E-state index in [1.807, 2.05) is 7.05 Å². The number of nitrogens with one attached hydrogen (secondary N) is 1. The highest BCUT2D eigenvalue weighted by atomic mass is 32.1. The summed E-state index contributed by atoms with van der Waals surface area (Å²) in [6.45, 7) is 1.65. The van der Waals surface area contributed by atoms with Crippen molar-refractivity contribution in [2.45, 2.75) is 25.1 Å². The predicted molar refractivity (Wildman–Crippen MR) is 81.5 cm³/mol. The summed E-state index contributed by atoms with van der Waals surface area (Å²) in [4.78, 5) is 1.96. The Morgan fingerprint density at radius 1 is 1.48 bits per heavy atom. The number of nitrogens with zero attached hydrogens (tertiary/aromatic N) is 1. The Balaban J connectivity index is 2.16. The Labute approximate surface area is 127 Å². The standard InChI is InChI=1S/C14H18F3N3S/c1-20-6-2-3-10(20)8-19-9-4-5-11(13(18)21)12(7-9)14(15,16)17/h4-5,7,10,19H,2-3,6,8H2,1H3,(H2,18,21). The Bertz CT molecular complexity index is 531. The number of benzene rings is 1. The predicted octanol–water partition coefficient (Wildman–Crippen LogP) is 2.85. The maximum absolute atomic E-state index is 13.0. The molecule has 0 bridgehead atoms. The Morgan fingerprint density at radius 3 is 2.71 bits per heavy atom. The Hall–Kier alpha value is -1.34. The van der Waals surface area contributed by atoms with Crippen LogP contribution in [0.15, 0.2) is 18.2 Å². The fourth-order valence-electron chi connectivity index (χ4n) is 2.58. The van der Waals surface area contributed by atoms with Gasteiger partial charge in [0.25, 0.3) is 0 Å². The summed E-state index contributed by atoms with van der Waals surface area (Å²) in [5.74, 6) is 0. The fraction of sp³-hybridized carbons (Fsp3) is 0.500. The minimum atomic E-state index is -4.47. The minimum Gasteiger partial charge on any atom is -0.389 e. The van der Waals surface area contributed by atoms with Crippen LogP contribution in [0.4, 0.5) is 18.9 Å². The topological polar surface area (TPSA) is 41.3 Å². The van der Waals surface area contributed by atoms with Crippen LogP contribution in [0, 0.1) is 0 Å². The van der Waals surface area contributed by atoms with Gasteiger partial charge in [0.05, 0.1) is 5.56 Å². The molecule has 0 amide bonds. The first-order valence-corrected chi connectivity index (χ1v) is 7.15. The average molecular weight is 317 g/mol. The van der Waals surface area contributed by atoms with E-state index in [4.69, 9.17) is 5.73 Å². The van der Waals surface area contributed by atoms with E-state index >= 15 is 0 Å². The molecule has 1 aromatic rings. The lowest BCUT2D eigenvalue weighted by atomic mass is 10.1. The van der Waals surface area contributed by atoms with E-state index in [1.54, 1.807) is 6.07 Å². The molecule has 1 heterocycles. The van der Waals surface area contributed by atoms with Gasteiger partial charge in [-0.25, -0.2) is 0 Å². The number of likely N-dealkylation sites (tertiary alicyclic amines) is 1. The maximum Gasteiger partial charge on any atom is 0.417 e. The van der Waals surface area contributed by atoms with Crippen LogP contribution >= 0.6 is 12.2 Å². The third-order valence-corrected chi connectivity index (χ3v) is 4.02. The molecule has 1 atom stereocenters. The first-order chi connectivity index (χ1) is 9.79. The summed E-state index contributed by atoms with van der Waals surface area (Å²) in [5, 5.41) is 3.07. The third kappa shape index (κ3) is 3.85. The zero-order valence-corrected chi connectivity index (χ0v) is 12.5. The van der Waals surface area contributed by atoms with Crippen molar-refractivity contribution in [2.75, 3.05) is 25.5 Å². The second kappa shape index (κ2) is 6.19. The van der Waals surface area contributed by atoms with E-state index in [2.05, 4.69) is 22.4 Å². The van der Waals surface area contributed by atoms with Crippen molar-refractivity contribution >= 4 is 22.9 Å². The summed E-state index contributed by atoms with van der Waals surface area (Å²) in [6.07, 6.45) is -2.29. The number of hydrogen-bond donors (Lipinski definition) is 2. The SMILES string of the molecule is CN1CCCC1CNc1ccc(C(N)=S)c(C(F)(F)F)c1. The van der Waals surface area contributed by atoms with Crippen molar-refractivity contribution in [2.24, 2.45) is 5.73 Å². The highest BCUT2D eigenvalue weighted by Crippen LogP contribution is 2.34. The second-order valence-electron chi connectivity index (χ2n) is 5.28. The number of alkyl halides is 3. The van der Waals surface area contributed by atoms with Crippen molar-refractivity contribution in [1.29, 1.82) is 0 Å². The van der Waals surface area contributed by atoms with Crippen LogP contribution < -0.4 is 11.1 Å². The third-order valence-electron chi connectivity index (χ3n) is 3.80. The molecule has 1 fully saturated rings. The van der Waals surface area contributed by atoms with E-state index in [9.17, 15) is 13.2 Å². The Kier molecular flexibility index (Phi) is 4.73. The molecule has 0 saturated carbocycles. The lowest BCUT2D eigenvalue weighted by Crippen LogP contribution is -2.31. The molecule has 1 unspecified atom stereocenters. The quantitative estimate of drug-likeness (QED) is 0.838. The van der Waals surface area contributed by atoms with E-state index in [0.29, 0.717) is 18.3 Å². The van der Waals surface area contributed by atoms with Crippen LogP contribution in [0.5, 0.6) is 0 Å². The summed E-state index contributed by atoms with van der Waals surface area (Å²) in [6, 6.07) is 4.34. The number of thiocarbonyl (C=S) groups is 1. The van der Waals surface area contributed by atoms with Crippen LogP contribution in [0.1, 0.15) is 24.0 Å². The maximum atomic E-state index is 13.0. The normalized spacial score (nSPS) is 19.7. The van der Waals surface area contributed by atoms with Gasteiger partial charge in [0.2, 0.25) is 0 Å². The molecule has 0 radical (unpaired) electrons. The molecule has 1 aromatic carbocycles. The van der Waals surface area contributed by atoms with Gasteiger partial charge in [-0.15, -0.1) is 0 Å². The minimum absolute atomic E-state index is 0.138. The molecule has 0 aliphatic carbocycles. The highest BCUT2D eigenvalue weighted by molar-refractivity contribution is 7.80.